The minimum Gasteiger partial charge on any atom is -0.343 e. The second-order valence-corrected chi connectivity index (χ2v) is 6.06. The smallest absolute Gasteiger partial charge is 0.245 e. The van der Waals surface area contributed by atoms with Gasteiger partial charge < -0.3 is 10.2 Å². The van der Waals surface area contributed by atoms with Gasteiger partial charge in [-0.05, 0) is 25.2 Å². The van der Waals surface area contributed by atoms with Crippen molar-refractivity contribution < 1.29 is 9.59 Å². The summed E-state index contributed by atoms with van der Waals surface area (Å²) >= 11 is 0. The van der Waals surface area contributed by atoms with Gasteiger partial charge in [0.1, 0.15) is 6.04 Å². The Bertz CT molecular complexity index is 343. The predicted molar refractivity (Wildman–Crippen MR) is 74.6 cm³/mol. The minimum atomic E-state index is -0.290. The summed E-state index contributed by atoms with van der Waals surface area (Å²) in [4.78, 5) is 26.2. The minimum absolute atomic E-state index is 0.00879. The third kappa shape index (κ3) is 3.28. The van der Waals surface area contributed by atoms with Crippen LogP contribution in [-0.4, -0.2) is 35.3 Å². The standard InChI is InChI=1S/C15H26N2O2/c1-3-7-12-15(19)17(10-14(18)16-12)13-9-6-4-5-8-11(13)2/h11-13H,3-10H2,1-2H3,(H,16,18). The highest BCUT2D eigenvalue weighted by Gasteiger charge is 2.38. The van der Waals surface area contributed by atoms with Gasteiger partial charge in [0.2, 0.25) is 11.8 Å². The molecule has 2 aliphatic rings. The SMILES string of the molecule is CCCC1NC(=O)CN(C2CCCCCC2C)C1=O. The first-order chi connectivity index (χ1) is 9.13. The molecule has 0 aromatic rings. The molecule has 1 saturated heterocycles. The number of hydrogen-bond acceptors (Lipinski definition) is 2. The molecule has 1 N–H and O–H groups in total. The fourth-order valence-corrected chi connectivity index (χ4v) is 3.44. The van der Waals surface area contributed by atoms with Crippen molar-refractivity contribution in [3.8, 4) is 0 Å². The van der Waals surface area contributed by atoms with Gasteiger partial charge in [-0.3, -0.25) is 9.59 Å². The Hall–Kier alpha value is -1.06. The zero-order chi connectivity index (χ0) is 13.8. The average Bonchev–Trinajstić information content (AvgIpc) is 2.58. The number of nitrogens with one attached hydrogen (secondary N) is 1. The van der Waals surface area contributed by atoms with Gasteiger partial charge in [0, 0.05) is 6.04 Å². The van der Waals surface area contributed by atoms with E-state index in [0.29, 0.717) is 5.92 Å². The Kier molecular flexibility index (Phi) is 4.83. The van der Waals surface area contributed by atoms with E-state index in [0.717, 1.165) is 19.3 Å². The van der Waals surface area contributed by atoms with Crippen molar-refractivity contribution in [2.75, 3.05) is 6.54 Å². The van der Waals surface area contributed by atoms with Crippen LogP contribution in [0.1, 0.15) is 58.8 Å². The molecule has 108 valence electrons. The van der Waals surface area contributed by atoms with Crippen molar-refractivity contribution in [3.05, 3.63) is 0 Å². The van der Waals surface area contributed by atoms with Crippen molar-refractivity contribution in [1.29, 1.82) is 0 Å². The summed E-state index contributed by atoms with van der Waals surface area (Å²) in [6.07, 6.45) is 7.59. The van der Waals surface area contributed by atoms with E-state index in [1.165, 1.54) is 25.7 Å². The molecule has 0 aromatic carbocycles. The summed E-state index contributed by atoms with van der Waals surface area (Å²) in [6.45, 7) is 4.53. The molecule has 0 bridgehead atoms. The van der Waals surface area contributed by atoms with E-state index in [4.69, 9.17) is 0 Å². The number of hydrogen-bond donors (Lipinski definition) is 1. The lowest BCUT2D eigenvalue weighted by molar-refractivity contribution is -0.148. The van der Waals surface area contributed by atoms with Gasteiger partial charge in [-0.2, -0.15) is 0 Å². The summed E-state index contributed by atoms with van der Waals surface area (Å²) in [5.41, 5.74) is 0. The quantitative estimate of drug-likeness (QED) is 0.795. The zero-order valence-corrected chi connectivity index (χ0v) is 12.2. The molecule has 0 aromatic heterocycles. The van der Waals surface area contributed by atoms with Gasteiger partial charge in [-0.25, -0.2) is 0 Å². The van der Waals surface area contributed by atoms with Crippen molar-refractivity contribution in [3.63, 3.8) is 0 Å². The lowest BCUT2D eigenvalue weighted by atomic mass is 9.93. The maximum atomic E-state index is 12.5. The maximum absolute atomic E-state index is 12.5. The highest BCUT2D eigenvalue weighted by molar-refractivity contribution is 5.95. The third-order valence-corrected chi connectivity index (χ3v) is 4.52. The molecule has 4 nitrogen and oxygen atoms in total. The van der Waals surface area contributed by atoms with Crippen LogP contribution in [0.4, 0.5) is 0 Å². The van der Waals surface area contributed by atoms with Gasteiger partial charge in [-0.15, -0.1) is 0 Å². The van der Waals surface area contributed by atoms with Crippen LogP contribution in [0.25, 0.3) is 0 Å². The Morgan fingerprint density at radius 1 is 1.21 bits per heavy atom. The molecule has 4 heteroatoms. The zero-order valence-electron chi connectivity index (χ0n) is 12.2. The van der Waals surface area contributed by atoms with E-state index in [9.17, 15) is 9.59 Å². The normalized spacial score (nSPS) is 32.9. The van der Waals surface area contributed by atoms with Gasteiger partial charge in [-0.1, -0.05) is 39.5 Å². The first kappa shape index (κ1) is 14.4. The molecule has 19 heavy (non-hydrogen) atoms. The average molecular weight is 266 g/mol. The summed E-state index contributed by atoms with van der Waals surface area (Å²) in [6, 6.07) is -0.0258. The molecule has 1 aliphatic carbocycles. The van der Waals surface area contributed by atoms with Gasteiger partial charge >= 0.3 is 0 Å². The van der Waals surface area contributed by atoms with Crippen molar-refractivity contribution in [2.45, 2.75) is 70.9 Å². The van der Waals surface area contributed by atoms with Gasteiger partial charge in [0.05, 0.1) is 6.54 Å². The second-order valence-electron chi connectivity index (χ2n) is 6.06. The first-order valence-corrected chi connectivity index (χ1v) is 7.73. The van der Waals surface area contributed by atoms with E-state index in [2.05, 4.69) is 12.2 Å². The van der Waals surface area contributed by atoms with Crippen molar-refractivity contribution in [1.82, 2.24) is 10.2 Å². The molecule has 2 rings (SSSR count). The van der Waals surface area contributed by atoms with Crippen molar-refractivity contribution >= 4 is 11.8 Å². The van der Waals surface area contributed by atoms with Crippen LogP contribution in [0.15, 0.2) is 0 Å². The third-order valence-electron chi connectivity index (χ3n) is 4.52. The molecule has 0 radical (unpaired) electrons. The number of carbonyl (C=O) groups is 2. The number of rotatable bonds is 3. The van der Waals surface area contributed by atoms with E-state index >= 15 is 0 Å². The number of amides is 2. The van der Waals surface area contributed by atoms with E-state index < -0.39 is 0 Å². The Labute approximate surface area is 115 Å². The predicted octanol–water partition coefficient (Wildman–Crippen LogP) is 2.08. The van der Waals surface area contributed by atoms with Crippen LogP contribution in [0, 0.1) is 5.92 Å². The van der Waals surface area contributed by atoms with Crippen molar-refractivity contribution in [2.24, 2.45) is 5.92 Å². The first-order valence-electron chi connectivity index (χ1n) is 7.73. The molecule has 1 aliphatic heterocycles. The fourth-order valence-electron chi connectivity index (χ4n) is 3.44. The van der Waals surface area contributed by atoms with Crippen LogP contribution in [0.3, 0.4) is 0 Å². The van der Waals surface area contributed by atoms with Crippen LogP contribution in [0.5, 0.6) is 0 Å². The number of nitrogens with zero attached hydrogens (tertiary/aromatic N) is 1. The molecule has 1 saturated carbocycles. The number of piperazine rings is 1. The van der Waals surface area contributed by atoms with E-state index in [1.807, 2.05) is 11.8 Å². The summed E-state index contributed by atoms with van der Waals surface area (Å²) in [5, 5.41) is 2.84. The Morgan fingerprint density at radius 2 is 1.95 bits per heavy atom. The second kappa shape index (κ2) is 6.40. The maximum Gasteiger partial charge on any atom is 0.245 e. The molecule has 1 heterocycles. The Balaban J connectivity index is 2.11. The topological polar surface area (TPSA) is 49.4 Å². The van der Waals surface area contributed by atoms with Gasteiger partial charge in [0.15, 0.2) is 0 Å². The Morgan fingerprint density at radius 3 is 2.68 bits per heavy atom. The van der Waals surface area contributed by atoms with Crippen LogP contribution < -0.4 is 5.32 Å². The molecule has 3 unspecified atom stereocenters. The lowest BCUT2D eigenvalue weighted by Gasteiger charge is -2.40. The highest BCUT2D eigenvalue weighted by Crippen LogP contribution is 2.28. The molecule has 0 spiro atoms. The molecular weight excluding hydrogens is 240 g/mol. The molecule has 2 fully saturated rings. The summed E-state index contributed by atoms with van der Waals surface area (Å²) < 4.78 is 0. The van der Waals surface area contributed by atoms with E-state index in [-0.39, 0.29) is 30.4 Å². The van der Waals surface area contributed by atoms with Gasteiger partial charge in [0.25, 0.3) is 0 Å². The molecule has 2 amide bonds. The number of carbonyl (C=O) groups excluding carboxylic acids is 2. The van der Waals surface area contributed by atoms with Crippen LogP contribution in [0.2, 0.25) is 0 Å². The monoisotopic (exact) mass is 266 g/mol. The summed E-state index contributed by atoms with van der Waals surface area (Å²) in [5.74, 6) is 0.661. The van der Waals surface area contributed by atoms with Crippen LogP contribution >= 0.6 is 0 Å². The fraction of sp³-hybridized carbons (Fsp3) is 0.867. The lowest BCUT2D eigenvalue weighted by Crippen LogP contribution is -2.61. The summed E-state index contributed by atoms with van der Waals surface area (Å²) in [7, 11) is 0. The van der Waals surface area contributed by atoms with Crippen LogP contribution in [-0.2, 0) is 9.59 Å². The molecule has 3 atom stereocenters. The molecular formula is C15H26N2O2. The largest absolute Gasteiger partial charge is 0.343 e. The highest BCUT2D eigenvalue weighted by atomic mass is 16.2. The van der Waals surface area contributed by atoms with E-state index in [1.54, 1.807) is 0 Å².